The van der Waals surface area contributed by atoms with E-state index in [2.05, 4.69) is 44.2 Å². The number of aromatic nitrogens is 5. The number of fused-ring (bicyclic) bond motifs is 1. The molecule has 7 nitrogen and oxygen atoms in total. The van der Waals surface area contributed by atoms with Gasteiger partial charge < -0.3 is 10.2 Å². The molecule has 31 heavy (non-hydrogen) atoms. The van der Waals surface area contributed by atoms with Gasteiger partial charge in [-0.2, -0.15) is 0 Å². The molecule has 1 N–H and O–H groups in total. The van der Waals surface area contributed by atoms with Crippen LogP contribution in [0.15, 0.2) is 61.2 Å². The molecule has 1 saturated heterocycles. The van der Waals surface area contributed by atoms with Gasteiger partial charge in [0.15, 0.2) is 5.82 Å². The molecule has 0 spiro atoms. The first-order valence-electron chi connectivity index (χ1n) is 10.8. The van der Waals surface area contributed by atoms with Crippen molar-refractivity contribution in [1.82, 2.24) is 24.9 Å². The van der Waals surface area contributed by atoms with Crippen LogP contribution in [0.3, 0.4) is 0 Å². The number of aryl methyl sites for hydroxylation is 1. The Bertz CT molecular complexity index is 1170. The van der Waals surface area contributed by atoms with Gasteiger partial charge in [-0.05, 0) is 43.5 Å². The van der Waals surface area contributed by atoms with E-state index in [9.17, 15) is 0 Å². The fourth-order valence-corrected chi connectivity index (χ4v) is 4.02. The number of nitrogens with one attached hydrogen (secondary N) is 1. The molecular weight excluding hydrogens is 386 g/mol. The molecule has 1 aliphatic rings. The minimum absolute atomic E-state index is 0.354. The smallest absolute Gasteiger partial charge is 0.162 e. The lowest BCUT2D eigenvalue weighted by Crippen LogP contribution is -2.39. The Labute approximate surface area is 181 Å². The van der Waals surface area contributed by atoms with E-state index in [1.165, 1.54) is 0 Å². The summed E-state index contributed by atoms with van der Waals surface area (Å²) in [5.41, 5.74) is 2.99. The summed E-state index contributed by atoms with van der Waals surface area (Å²) in [5, 5.41) is 4.75. The highest BCUT2D eigenvalue weighted by atomic mass is 15.2. The first-order chi connectivity index (χ1) is 15.3. The van der Waals surface area contributed by atoms with Gasteiger partial charge >= 0.3 is 0 Å². The van der Waals surface area contributed by atoms with Crippen LogP contribution in [0.1, 0.15) is 25.5 Å². The summed E-state index contributed by atoms with van der Waals surface area (Å²) in [6.45, 7) is 4.03. The van der Waals surface area contributed by atoms with Crippen molar-refractivity contribution < 1.29 is 0 Å². The van der Waals surface area contributed by atoms with Gasteiger partial charge in [0, 0.05) is 54.2 Å². The molecule has 0 amide bonds. The highest BCUT2D eigenvalue weighted by Crippen LogP contribution is 2.27. The zero-order valence-electron chi connectivity index (χ0n) is 17.6. The maximum absolute atomic E-state index is 4.88. The summed E-state index contributed by atoms with van der Waals surface area (Å²) < 4.78 is 0. The van der Waals surface area contributed by atoms with Crippen molar-refractivity contribution in [3.05, 3.63) is 66.9 Å². The van der Waals surface area contributed by atoms with Crippen molar-refractivity contribution in [1.29, 1.82) is 0 Å². The van der Waals surface area contributed by atoms with Crippen LogP contribution in [0, 0.1) is 0 Å². The van der Waals surface area contributed by atoms with Crippen molar-refractivity contribution >= 4 is 22.5 Å². The number of benzene rings is 1. The second-order valence-corrected chi connectivity index (χ2v) is 7.78. The third-order valence-corrected chi connectivity index (χ3v) is 5.77. The molecule has 0 atom stereocenters. The number of hydrogen-bond acceptors (Lipinski definition) is 7. The van der Waals surface area contributed by atoms with E-state index in [0.29, 0.717) is 11.9 Å². The van der Waals surface area contributed by atoms with Gasteiger partial charge in [-0.3, -0.25) is 4.98 Å². The number of pyridine rings is 1. The summed E-state index contributed by atoms with van der Waals surface area (Å²) in [6.07, 6.45) is 8.19. The van der Waals surface area contributed by atoms with Gasteiger partial charge in [-0.1, -0.05) is 19.1 Å². The number of anilines is 2. The van der Waals surface area contributed by atoms with Crippen LogP contribution >= 0.6 is 0 Å². The van der Waals surface area contributed by atoms with E-state index in [-0.39, 0.29) is 0 Å². The molecule has 0 saturated carbocycles. The van der Waals surface area contributed by atoms with Crippen LogP contribution in [0.4, 0.5) is 11.6 Å². The molecule has 0 bridgehead atoms. The summed E-state index contributed by atoms with van der Waals surface area (Å²) in [5.74, 6) is 2.64. The van der Waals surface area contributed by atoms with Gasteiger partial charge in [-0.25, -0.2) is 19.9 Å². The largest absolute Gasteiger partial charge is 0.367 e. The predicted octanol–water partition coefficient (Wildman–Crippen LogP) is 4.13. The molecule has 4 aromatic rings. The third-order valence-electron chi connectivity index (χ3n) is 5.77. The standard InChI is InChI=1S/C24H25N7/c1-2-18-15-22(27-16-26-18)31-13-9-19(10-14-31)28-24-20-5-3-4-6-21(20)29-23(30-24)17-7-11-25-12-8-17/h3-8,11-12,15-16,19H,2,9-10,13-14H2,1H3,(H,28,29,30). The van der Waals surface area contributed by atoms with Crippen LogP contribution < -0.4 is 10.2 Å². The summed E-state index contributed by atoms with van der Waals surface area (Å²) in [7, 11) is 0. The van der Waals surface area contributed by atoms with Crippen LogP contribution in [-0.4, -0.2) is 44.1 Å². The van der Waals surface area contributed by atoms with E-state index in [1.807, 2.05) is 30.3 Å². The Kier molecular flexibility index (Phi) is 5.39. The Morgan fingerprint density at radius 1 is 1.00 bits per heavy atom. The van der Waals surface area contributed by atoms with Crippen molar-refractivity contribution in [2.24, 2.45) is 0 Å². The van der Waals surface area contributed by atoms with Crippen LogP contribution in [0.25, 0.3) is 22.3 Å². The van der Waals surface area contributed by atoms with Gasteiger partial charge in [0.05, 0.1) is 5.52 Å². The van der Waals surface area contributed by atoms with Crippen molar-refractivity contribution in [3.8, 4) is 11.4 Å². The van der Waals surface area contributed by atoms with E-state index in [1.54, 1.807) is 18.7 Å². The maximum Gasteiger partial charge on any atom is 0.162 e. The molecular formula is C24H25N7. The first-order valence-corrected chi connectivity index (χ1v) is 10.8. The normalized spacial score (nSPS) is 14.7. The van der Waals surface area contributed by atoms with Crippen molar-refractivity contribution in [2.45, 2.75) is 32.2 Å². The van der Waals surface area contributed by atoms with Gasteiger partial charge in [-0.15, -0.1) is 0 Å². The number of hydrogen-bond donors (Lipinski definition) is 1. The molecule has 0 aliphatic carbocycles. The minimum Gasteiger partial charge on any atom is -0.367 e. The van der Waals surface area contributed by atoms with Crippen LogP contribution in [-0.2, 0) is 6.42 Å². The maximum atomic E-state index is 4.88. The van der Waals surface area contributed by atoms with Gasteiger partial charge in [0.2, 0.25) is 0 Å². The van der Waals surface area contributed by atoms with Crippen molar-refractivity contribution in [3.63, 3.8) is 0 Å². The summed E-state index contributed by atoms with van der Waals surface area (Å²) in [4.78, 5) is 24.9. The molecule has 0 radical (unpaired) electrons. The van der Waals surface area contributed by atoms with E-state index >= 15 is 0 Å². The molecule has 1 aromatic carbocycles. The second kappa shape index (κ2) is 8.63. The zero-order valence-corrected chi connectivity index (χ0v) is 17.6. The second-order valence-electron chi connectivity index (χ2n) is 7.78. The molecule has 1 fully saturated rings. The van der Waals surface area contributed by atoms with Gasteiger partial charge in [0.25, 0.3) is 0 Å². The molecule has 1 aliphatic heterocycles. The van der Waals surface area contributed by atoms with E-state index in [4.69, 9.17) is 9.97 Å². The third kappa shape index (κ3) is 4.17. The van der Waals surface area contributed by atoms with Gasteiger partial charge in [0.1, 0.15) is 18.0 Å². The number of nitrogens with zero attached hydrogens (tertiary/aromatic N) is 6. The molecule has 5 rings (SSSR count). The average Bonchev–Trinajstić information content (AvgIpc) is 2.85. The highest BCUT2D eigenvalue weighted by Gasteiger charge is 2.22. The lowest BCUT2D eigenvalue weighted by Gasteiger charge is -2.33. The molecule has 7 heteroatoms. The Morgan fingerprint density at radius 2 is 1.81 bits per heavy atom. The average molecular weight is 412 g/mol. The minimum atomic E-state index is 0.354. The summed E-state index contributed by atoms with van der Waals surface area (Å²) in [6, 6.07) is 14.5. The zero-order chi connectivity index (χ0) is 21.0. The van der Waals surface area contributed by atoms with Crippen molar-refractivity contribution in [2.75, 3.05) is 23.3 Å². The molecule has 156 valence electrons. The Hall–Kier alpha value is -3.61. The molecule has 4 heterocycles. The fourth-order valence-electron chi connectivity index (χ4n) is 4.02. The number of para-hydroxylation sites is 1. The predicted molar refractivity (Wildman–Crippen MR) is 123 cm³/mol. The SMILES string of the molecule is CCc1cc(N2CCC(Nc3nc(-c4ccncc4)nc4ccccc34)CC2)ncn1. The van der Waals surface area contributed by atoms with E-state index in [0.717, 1.165) is 66.1 Å². The Morgan fingerprint density at radius 3 is 2.61 bits per heavy atom. The fraction of sp³-hybridized carbons (Fsp3) is 0.292. The quantitative estimate of drug-likeness (QED) is 0.529. The number of rotatable bonds is 5. The van der Waals surface area contributed by atoms with E-state index < -0.39 is 0 Å². The summed E-state index contributed by atoms with van der Waals surface area (Å²) >= 11 is 0. The highest BCUT2D eigenvalue weighted by molar-refractivity contribution is 5.90. The molecule has 3 aromatic heterocycles. The first kappa shape index (κ1) is 19.4. The van der Waals surface area contributed by atoms with Crippen LogP contribution in [0.2, 0.25) is 0 Å². The van der Waals surface area contributed by atoms with Crippen LogP contribution in [0.5, 0.6) is 0 Å². The monoisotopic (exact) mass is 411 g/mol. The number of piperidine rings is 1. The lowest BCUT2D eigenvalue weighted by molar-refractivity contribution is 0.522. The lowest BCUT2D eigenvalue weighted by atomic mass is 10.0. The molecule has 0 unspecified atom stereocenters. The topological polar surface area (TPSA) is 79.7 Å². The Balaban J connectivity index is 1.36.